The largest absolute Gasteiger partial charge is 0.485 e. The highest BCUT2D eigenvalue weighted by Gasteiger charge is 2.42. The van der Waals surface area contributed by atoms with E-state index < -0.39 is 0 Å². The number of hydrogen-bond acceptors (Lipinski definition) is 2. The van der Waals surface area contributed by atoms with Crippen LogP contribution in [0, 0.1) is 35.5 Å². The average molecular weight is 862 g/mol. The van der Waals surface area contributed by atoms with Crippen molar-refractivity contribution >= 4 is 11.3 Å². The number of nitrogens with zero attached hydrogens (tertiary/aromatic N) is 1. The lowest BCUT2D eigenvalue weighted by atomic mass is 9.62. The standard InChI is InChI=1S/C64H63NO/c1-3-16-43(17-4-1)51-28-15-29-58-59-40-46(34-39-61(59)66-64(51)58)42-30-35-48(36-31-42)65(60-41-47-20-7-8-21-50(47)52-22-9-12-25-55(52)60)49-37-32-45(33-38-49)63-57-27-14-11-24-54(57)53-23-10-13-26-56(53)62(63)44-18-5-2-6-19-44/h1,3-5,8-9,12-14,16,18-19,21-22,25-28,30,32-37,39-40,42-43,47,49,59,61-63H,2,6-7,10-11,15,17,20,23-24,29,31,38,41H2. The van der Waals surface area contributed by atoms with Crippen LogP contribution in [-0.2, 0) is 4.74 Å². The Kier molecular flexibility index (Phi) is 10.5. The maximum absolute atomic E-state index is 6.80. The zero-order valence-electron chi connectivity index (χ0n) is 38.5. The van der Waals surface area contributed by atoms with Gasteiger partial charge in [0.25, 0.3) is 0 Å². The van der Waals surface area contributed by atoms with Crippen molar-refractivity contribution < 1.29 is 4.74 Å². The topological polar surface area (TPSA) is 12.5 Å². The fourth-order valence-corrected chi connectivity index (χ4v) is 13.9. The molecule has 1 heterocycles. The molecule has 0 spiro atoms. The van der Waals surface area contributed by atoms with Gasteiger partial charge in [0, 0.05) is 46.2 Å². The third-order valence-electron chi connectivity index (χ3n) is 17.0. The quantitative estimate of drug-likeness (QED) is 0.271. The first kappa shape index (κ1) is 40.4. The number of rotatable bonds is 7. The van der Waals surface area contributed by atoms with Gasteiger partial charge in [0.2, 0.25) is 0 Å². The van der Waals surface area contributed by atoms with E-state index in [0.29, 0.717) is 35.5 Å². The van der Waals surface area contributed by atoms with Gasteiger partial charge in [-0.3, -0.25) is 0 Å². The minimum absolute atomic E-state index is 0.113. The molecule has 8 atom stereocenters. The highest BCUT2D eigenvalue weighted by atomic mass is 16.5. The van der Waals surface area contributed by atoms with Gasteiger partial charge in [0.1, 0.15) is 11.9 Å². The summed E-state index contributed by atoms with van der Waals surface area (Å²) >= 11 is 0. The Hall–Kier alpha value is -5.86. The van der Waals surface area contributed by atoms with Gasteiger partial charge in [-0.2, -0.15) is 0 Å². The Morgan fingerprint density at radius 1 is 0.545 bits per heavy atom. The summed E-state index contributed by atoms with van der Waals surface area (Å²) in [5.41, 5.74) is 18.3. The van der Waals surface area contributed by atoms with Crippen LogP contribution in [0.2, 0.25) is 0 Å². The Bertz CT molecular complexity index is 2940. The zero-order valence-corrected chi connectivity index (χ0v) is 38.5. The minimum Gasteiger partial charge on any atom is -0.485 e. The molecule has 66 heavy (non-hydrogen) atoms. The van der Waals surface area contributed by atoms with E-state index in [0.717, 1.165) is 70.6 Å². The van der Waals surface area contributed by atoms with E-state index in [1.807, 2.05) is 0 Å². The smallest absolute Gasteiger partial charge is 0.127 e. The first-order chi connectivity index (χ1) is 32.7. The fraction of sp³-hybridized carbons (Fsp3) is 0.344. The van der Waals surface area contributed by atoms with E-state index in [2.05, 4.69) is 169 Å². The van der Waals surface area contributed by atoms with Gasteiger partial charge in [-0.15, -0.1) is 0 Å². The van der Waals surface area contributed by atoms with Crippen LogP contribution in [-0.4, -0.2) is 17.0 Å². The van der Waals surface area contributed by atoms with Gasteiger partial charge in [-0.25, -0.2) is 0 Å². The van der Waals surface area contributed by atoms with Crippen LogP contribution in [0.25, 0.3) is 11.3 Å². The molecule has 1 aromatic carbocycles. The maximum Gasteiger partial charge on any atom is 0.127 e. The summed E-state index contributed by atoms with van der Waals surface area (Å²) in [4.78, 5) is 2.79. The van der Waals surface area contributed by atoms with Crippen LogP contribution in [0.15, 0.2) is 226 Å². The molecule has 1 aliphatic heterocycles. The summed E-state index contributed by atoms with van der Waals surface area (Å²) < 4.78 is 6.80. The van der Waals surface area contributed by atoms with Crippen molar-refractivity contribution in [3.05, 3.63) is 236 Å². The molecular weight excluding hydrogens is 799 g/mol. The fourth-order valence-electron chi connectivity index (χ4n) is 13.9. The third-order valence-corrected chi connectivity index (χ3v) is 17.0. The lowest BCUT2D eigenvalue weighted by molar-refractivity contribution is 0.167. The van der Waals surface area contributed by atoms with E-state index in [4.69, 9.17) is 4.74 Å². The summed E-state index contributed by atoms with van der Waals surface area (Å²) in [6, 6.07) is 9.55. The number of hydrogen-bond donors (Lipinski definition) is 0. The molecule has 0 aromatic heterocycles. The Morgan fingerprint density at radius 3 is 2.09 bits per heavy atom. The number of allylic oxidation sites excluding steroid dienone is 27. The Morgan fingerprint density at radius 2 is 1.33 bits per heavy atom. The lowest BCUT2D eigenvalue weighted by Crippen LogP contribution is -2.44. The summed E-state index contributed by atoms with van der Waals surface area (Å²) in [6.45, 7) is 0. The molecule has 0 saturated carbocycles. The first-order valence-electron chi connectivity index (χ1n) is 25.8. The van der Waals surface area contributed by atoms with Crippen LogP contribution in [0.1, 0.15) is 89.9 Å². The molecule has 0 bridgehead atoms. The van der Waals surface area contributed by atoms with Crippen molar-refractivity contribution in [1.29, 1.82) is 0 Å². The monoisotopic (exact) mass is 861 g/mol. The normalized spacial score (nSPS) is 32.4. The maximum atomic E-state index is 6.80. The van der Waals surface area contributed by atoms with Gasteiger partial charge in [-0.05, 0) is 169 Å². The second-order valence-electron chi connectivity index (χ2n) is 20.6. The minimum atomic E-state index is 0.113. The van der Waals surface area contributed by atoms with E-state index in [-0.39, 0.29) is 12.1 Å². The molecule has 0 amide bonds. The molecule has 13 rings (SSSR count). The first-order valence-corrected chi connectivity index (χ1v) is 25.8. The molecule has 0 fully saturated rings. The van der Waals surface area contributed by atoms with Gasteiger partial charge < -0.3 is 9.64 Å². The van der Waals surface area contributed by atoms with Crippen LogP contribution < -0.4 is 10.4 Å². The molecule has 0 radical (unpaired) electrons. The molecule has 330 valence electrons. The van der Waals surface area contributed by atoms with Gasteiger partial charge in [0.15, 0.2) is 0 Å². The summed E-state index contributed by atoms with van der Waals surface area (Å²) in [6.07, 6.45) is 72.3. The molecule has 8 unspecified atom stereocenters. The van der Waals surface area contributed by atoms with Crippen LogP contribution in [0.5, 0.6) is 0 Å². The lowest BCUT2D eigenvalue weighted by Gasteiger charge is -2.43. The number of fused-ring (bicyclic) bond motifs is 5. The molecule has 2 heteroatoms. The van der Waals surface area contributed by atoms with Gasteiger partial charge >= 0.3 is 0 Å². The summed E-state index contributed by atoms with van der Waals surface area (Å²) in [5.74, 6) is 3.57. The number of benzene rings is 1. The van der Waals surface area contributed by atoms with Crippen molar-refractivity contribution in [3.8, 4) is 0 Å². The van der Waals surface area contributed by atoms with E-state index in [1.54, 1.807) is 22.3 Å². The van der Waals surface area contributed by atoms with Crippen LogP contribution in [0.3, 0.4) is 0 Å². The highest BCUT2D eigenvalue weighted by molar-refractivity contribution is 5.68. The van der Waals surface area contributed by atoms with E-state index >= 15 is 0 Å². The van der Waals surface area contributed by atoms with Crippen molar-refractivity contribution in [2.75, 3.05) is 0 Å². The second-order valence-corrected chi connectivity index (χ2v) is 20.6. The van der Waals surface area contributed by atoms with Crippen LogP contribution >= 0.6 is 0 Å². The molecule has 1 aromatic rings. The SMILES string of the molecule is C1=CCC(C2=CCCC3=C2OC2C=CC(C4C=CC(N(C5=c6ccccc6=C6C=CCCC6C5)C5C=CC(C6C7=C(CCC=C7)C7=C(C=CCC7)C6C6=CCCC=C6)=CC5)=CC4)=CC32)C=C1. The van der Waals surface area contributed by atoms with Gasteiger partial charge in [0.05, 0.1) is 6.04 Å². The molecule has 2 nitrogen and oxygen atoms in total. The van der Waals surface area contributed by atoms with Crippen molar-refractivity contribution in [1.82, 2.24) is 4.90 Å². The Balaban J connectivity index is 0.840. The predicted octanol–water partition coefficient (Wildman–Crippen LogP) is 13.8. The second kappa shape index (κ2) is 17.1. The molecule has 0 saturated heterocycles. The molecule has 12 aliphatic rings. The van der Waals surface area contributed by atoms with Crippen molar-refractivity contribution in [3.63, 3.8) is 0 Å². The van der Waals surface area contributed by atoms with Crippen LogP contribution in [0.4, 0.5) is 0 Å². The molecule has 0 N–H and O–H groups in total. The van der Waals surface area contributed by atoms with Crippen molar-refractivity contribution in [2.24, 2.45) is 35.5 Å². The average Bonchev–Trinajstić information content (AvgIpc) is 3.78. The third kappa shape index (κ3) is 6.96. The van der Waals surface area contributed by atoms with E-state index in [1.165, 1.54) is 80.3 Å². The van der Waals surface area contributed by atoms with Crippen molar-refractivity contribution in [2.45, 2.75) is 102 Å². The van der Waals surface area contributed by atoms with Gasteiger partial charge in [-0.1, -0.05) is 152 Å². The molecular formula is C64H63NO. The number of ether oxygens (including phenoxy) is 1. The molecule has 11 aliphatic carbocycles. The predicted molar refractivity (Wildman–Crippen MR) is 272 cm³/mol. The summed E-state index contributed by atoms with van der Waals surface area (Å²) in [7, 11) is 0. The van der Waals surface area contributed by atoms with E-state index in [9.17, 15) is 0 Å². The summed E-state index contributed by atoms with van der Waals surface area (Å²) in [5, 5.41) is 2.85. The zero-order chi connectivity index (χ0) is 43.6. The Labute approximate surface area is 392 Å². The highest BCUT2D eigenvalue weighted by Crippen LogP contribution is 2.53.